The molecule has 0 radical (unpaired) electrons. The molecular weight excluding hydrogens is 334 g/mol. The van der Waals surface area contributed by atoms with Crippen molar-refractivity contribution in [1.29, 1.82) is 0 Å². The van der Waals surface area contributed by atoms with E-state index in [1.165, 1.54) is 0 Å². The zero-order valence-electron chi connectivity index (χ0n) is 14.9. The summed E-state index contributed by atoms with van der Waals surface area (Å²) in [7, 11) is 0. The molecule has 134 valence electrons. The highest BCUT2D eigenvalue weighted by Gasteiger charge is 2.27. The van der Waals surface area contributed by atoms with Crippen LogP contribution in [0.25, 0.3) is 0 Å². The van der Waals surface area contributed by atoms with Gasteiger partial charge >= 0.3 is 0 Å². The molecule has 6 heteroatoms. The molecular formula is C19H25N3O2S. The Morgan fingerprint density at radius 3 is 2.88 bits per heavy atom. The van der Waals surface area contributed by atoms with E-state index < -0.39 is 0 Å². The quantitative estimate of drug-likeness (QED) is 0.792. The second kappa shape index (κ2) is 8.43. The lowest BCUT2D eigenvalue weighted by atomic mass is 9.99. The van der Waals surface area contributed by atoms with Gasteiger partial charge in [0.25, 0.3) is 5.91 Å². The number of aromatic nitrogens is 2. The zero-order chi connectivity index (χ0) is 17.6. The minimum absolute atomic E-state index is 0.0421. The van der Waals surface area contributed by atoms with E-state index >= 15 is 0 Å². The smallest absolute Gasteiger partial charge is 0.260 e. The second-order valence-corrected chi connectivity index (χ2v) is 8.01. The molecule has 25 heavy (non-hydrogen) atoms. The number of amides is 1. The van der Waals surface area contributed by atoms with Gasteiger partial charge in [-0.2, -0.15) is 0 Å². The lowest BCUT2D eigenvalue weighted by Gasteiger charge is -2.31. The summed E-state index contributed by atoms with van der Waals surface area (Å²) in [6.07, 6.45) is 3.04. The molecule has 0 spiro atoms. The predicted octanol–water partition coefficient (Wildman–Crippen LogP) is 3.52. The van der Waals surface area contributed by atoms with Gasteiger partial charge in [-0.1, -0.05) is 32.0 Å². The largest absolute Gasteiger partial charge is 0.484 e. The van der Waals surface area contributed by atoms with Gasteiger partial charge in [0.1, 0.15) is 15.8 Å². The highest BCUT2D eigenvalue weighted by atomic mass is 32.1. The molecule has 1 atom stereocenters. The van der Waals surface area contributed by atoms with Gasteiger partial charge in [-0.15, -0.1) is 21.5 Å². The number of nitrogens with zero attached hydrogens (tertiary/aromatic N) is 3. The van der Waals surface area contributed by atoms with Crippen LogP contribution in [0.15, 0.2) is 30.3 Å². The van der Waals surface area contributed by atoms with Gasteiger partial charge in [0.05, 0.1) is 0 Å². The third-order valence-corrected chi connectivity index (χ3v) is 5.40. The SMILES string of the molecule is CC(C)Cc1nnc(C2CCCN(C(=O)COc3ccccc3)C2)s1. The summed E-state index contributed by atoms with van der Waals surface area (Å²) < 4.78 is 5.59. The fraction of sp³-hybridized carbons (Fsp3) is 0.526. The molecule has 1 aromatic heterocycles. The van der Waals surface area contributed by atoms with Crippen molar-refractivity contribution in [2.45, 2.75) is 39.0 Å². The van der Waals surface area contributed by atoms with E-state index in [4.69, 9.17) is 4.74 Å². The van der Waals surface area contributed by atoms with E-state index in [2.05, 4.69) is 24.0 Å². The van der Waals surface area contributed by atoms with Crippen LogP contribution >= 0.6 is 11.3 Å². The zero-order valence-corrected chi connectivity index (χ0v) is 15.7. The highest BCUT2D eigenvalue weighted by molar-refractivity contribution is 7.11. The summed E-state index contributed by atoms with van der Waals surface area (Å²) in [5.41, 5.74) is 0. The number of carbonyl (C=O) groups is 1. The third kappa shape index (κ3) is 5.01. The Bertz CT molecular complexity index is 687. The molecule has 1 amide bonds. The molecule has 0 N–H and O–H groups in total. The summed E-state index contributed by atoms with van der Waals surface area (Å²) in [5.74, 6) is 1.65. The van der Waals surface area contributed by atoms with E-state index in [0.29, 0.717) is 18.4 Å². The topological polar surface area (TPSA) is 55.3 Å². The van der Waals surface area contributed by atoms with Gasteiger partial charge in [0, 0.05) is 25.4 Å². The molecule has 1 unspecified atom stereocenters. The molecule has 0 saturated carbocycles. The first-order chi connectivity index (χ1) is 12.1. The summed E-state index contributed by atoms with van der Waals surface area (Å²) in [4.78, 5) is 14.4. The molecule has 3 rings (SSSR count). The summed E-state index contributed by atoms with van der Waals surface area (Å²) >= 11 is 1.70. The Kier molecular flexibility index (Phi) is 6.02. The normalized spacial score (nSPS) is 17.7. The Morgan fingerprint density at radius 1 is 1.32 bits per heavy atom. The highest BCUT2D eigenvalue weighted by Crippen LogP contribution is 2.29. The molecule has 1 aliphatic rings. The van der Waals surface area contributed by atoms with Crippen molar-refractivity contribution < 1.29 is 9.53 Å². The molecule has 1 saturated heterocycles. The van der Waals surface area contributed by atoms with Crippen LogP contribution in [-0.2, 0) is 11.2 Å². The molecule has 0 bridgehead atoms. The van der Waals surface area contributed by atoms with Crippen LogP contribution in [0.5, 0.6) is 5.75 Å². The lowest BCUT2D eigenvalue weighted by Crippen LogP contribution is -2.41. The van der Waals surface area contributed by atoms with Gasteiger partial charge in [-0.25, -0.2) is 0 Å². The third-order valence-electron chi connectivity index (χ3n) is 4.29. The number of piperidine rings is 1. The first-order valence-corrected chi connectivity index (χ1v) is 9.71. The Morgan fingerprint density at radius 2 is 2.12 bits per heavy atom. The van der Waals surface area contributed by atoms with E-state index in [1.54, 1.807) is 11.3 Å². The van der Waals surface area contributed by atoms with E-state index in [1.807, 2.05) is 35.2 Å². The first kappa shape index (κ1) is 17.9. The maximum absolute atomic E-state index is 12.5. The average molecular weight is 359 g/mol. The van der Waals surface area contributed by atoms with Gasteiger partial charge in [-0.05, 0) is 30.9 Å². The maximum Gasteiger partial charge on any atom is 0.260 e. The van der Waals surface area contributed by atoms with Gasteiger partial charge < -0.3 is 9.64 Å². The van der Waals surface area contributed by atoms with Crippen molar-refractivity contribution in [1.82, 2.24) is 15.1 Å². The van der Waals surface area contributed by atoms with Gasteiger partial charge in [0.15, 0.2) is 6.61 Å². The van der Waals surface area contributed by atoms with Crippen LogP contribution < -0.4 is 4.74 Å². The number of para-hydroxylation sites is 1. The average Bonchev–Trinajstić information content (AvgIpc) is 3.08. The standard InChI is InChI=1S/C19H25N3O2S/c1-14(2)11-17-20-21-19(25-17)15-7-6-10-22(12-15)18(23)13-24-16-8-4-3-5-9-16/h3-5,8-9,14-15H,6-7,10-13H2,1-2H3. The van der Waals surface area contributed by atoms with Crippen molar-refractivity contribution in [2.75, 3.05) is 19.7 Å². The lowest BCUT2D eigenvalue weighted by molar-refractivity contribution is -0.134. The van der Waals surface area contributed by atoms with Crippen LogP contribution in [0.2, 0.25) is 0 Å². The Hall–Kier alpha value is -1.95. The first-order valence-electron chi connectivity index (χ1n) is 8.89. The number of hydrogen-bond donors (Lipinski definition) is 0. The molecule has 0 aliphatic carbocycles. The maximum atomic E-state index is 12.5. The number of benzene rings is 1. The van der Waals surface area contributed by atoms with Gasteiger partial charge in [-0.3, -0.25) is 4.79 Å². The predicted molar refractivity (Wildman–Crippen MR) is 98.9 cm³/mol. The van der Waals surface area contributed by atoms with E-state index in [0.717, 1.165) is 41.6 Å². The second-order valence-electron chi connectivity index (χ2n) is 6.91. The molecule has 1 aromatic carbocycles. The Labute approximate surface area is 153 Å². The summed E-state index contributed by atoms with van der Waals surface area (Å²) in [5, 5.41) is 10.9. The summed E-state index contributed by atoms with van der Waals surface area (Å²) in [6, 6.07) is 9.47. The molecule has 2 aromatic rings. The monoisotopic (exact) mass is 359 g/mol. The summed E-state index contributed by atoms with van der Waals surface area (Å²) in [6.45, 7) is 5.98. The number of ether oxygens (including phenoxy) is 1. The minimum Gasteiger partial charge on any atom is -0.484 e. The van der Waals surface area contributed by atoms with Crippen molar-refractivity contribution in [3.05, 3.63) is 40.3 Å². The number of hydrogen-bond acceptors (Lipinski definition) is 5. The van der Waals surface area contributed by atoms with E-state index in [9.17, 15) is 4.79 Å². The van der Waals surface area contributed by atoms with Crippen LogP contribution in [0.1, 0.15) is 42.6 Å². The van der Waals surface area contributed by atoms with Crippen LogP contribution in [0.4, 0.5) is 0 Å². The molecule has 1 fully saturated rings. The van der Waals surface area contributed by atoms with Crippen molar-refractivity contribution in [3.8, 4) is 5.75 Å². The van der Waals surface area contributed by atoms with Gasteiger partial charge in [0.2, 0.25) is 0 Å². The van der Waals surface area contributed by atoms with Crippen LogP contribution in [0.3, 0.4) is 0 Å². The van der Waals surface area contributed by atoms with Crippen LogP contribution in [0, 0.1) is 5.92 Å². The minimum atomic E-state index is 0.0421. The number of rotatable bonds is 6. The molecule has 2 heterocycles. The fourth-order valence-electron chi connectivity index (χ4n) is 3.02. The fourth-order valence-corrected chi connectivity index (χ4v) is 4.20. The number of carbonyl (C=O) groups excluding carboxylic acids is 1. The van der Waals surface area contributed by atoms with Crippen LogP contribution in [-0.4, -0.2) is 40.7 Å². The van der Waals surface area contributed by atoms with E-state index in [-0.39, 0.29) is 12.5 Å². The van der Waals surface area contributed by atoms with Crippen molar-refractivity contribution in [3.63, 3.8) is 0 Å². The molecule has 5 nitrogen and oxygen atoms in total. The molecule has 1 aliphatic heterocycles. The number of likely N-dealkylation sites (tertiary alicyclic amines) is 1. The van der Waals surface area contributed by atoms with Crippen molar-refractivity contribution >= 4 is 17.2 Å². The Balaban J connectivity index is 1.55. The van der Waals surface area contributed by atoms with Crippen molar-refractivity contribution in [2.24, 2.45) is 5.92 Å².